The number of ether oxygens (including phenoxy) is 1. The van der Waals surface area contributed by atoms with Gasteiger partial charge in [-0.2, -0.15) is 0 Å². The Morgan fingerprint density at radius 2 is 1.94 bits per heavy atom. The van der Waals surface area contributed by atoms with E-state index >= 15 is 0 Å². The number of fused-ring (bicyclic) bond motifs is 4. The number of nitrogens with one attached hydrogen (secondary N) is 2. The molecule has 3 aromatic rings. The van der Waals surface area contributed by atoms with E-state index in [9.17, 15) is 9.59 Å². The summed E-state index contributed by atoms with van der Waals surface area (Å²) in [6.07, 6.45) is 3.02. The number of hydrogen-bond acceptors (Lipinski definition) is 4. The number of carbonyl (C=O) groups excluding carboxylic acids is 2. The number of aromatic amines is 1. The number of H-pyrrole nitrogens is 1. The molecule has 7 nitrogen and oxygen atoms in total. The van der Waals surface area contributed by atoms with Crippen molar-refractivity contribution in [1.82, 2.24) is 20.1 Å². The number of urea groups is 1. The van der Waals surface area contributed by atoms with Gasteiger partial charge < -0.3 is 15.0 Å². The molecule has 2 aliphatic heterocycles. The first kappa shape index (κ1) is 22.2. The summed E-state index contributed by atoms with van der Waals surface area (Å²) in [5.74, 6) is 1.45. The summed E-state index contributed by atoms with van der Waals surface area (Å²) < 4.78 is 5.77. The average molecular weight is 473 g/mol. The Hall–Kier alpha value is -3.32. The normalized spacial score (nSPS) is 23.7. The molecule has 6 rings (SSSR count). The minimum Gasteiger partial charge on any atom is -0.494 e. The maximum Gasteiger partial charge on any atom is 0.328 e. The fourth-order valence-corrected chi connectivity index (χ4v) is 5.75. The number of imide groups is 1. The summed E-state index contributed by atoms with van der Waals surface area (Å²) in [4.78, 5) is 34.5. The van der Waals surface area contributed by atoms with Gasteiger partial charge in [-0.1, -0.05) is 30.3 Å². The number of amides is 3. The fourth-order valence-electron chi connectivity index (χ4n) is 5.75. The molecule has 1 aromatic heterocycles. The van der Waals surface area contributed by atoms with Crippen LogP contribution in [0.5, 0.6) is 5.75 Å². The lowest BCUT2D eigenvalue weighted by molar-refractivity contribution is -0.133. The summed E-state index contributed by atoms with van der Waals surface area (Å²) in [7, 11) is 0. The molecule has 7 heteroatoms. The highest BCUT2D eigenvalue weighted by Gasteiger charge is 2.60. The van der Waals surface area contributed by atoms with Crippen LogP contribution in [0.1, 0.15) is 49.6 Å². The molecule has 1 saturated carbocycles. The highest BCUT2D eigenvalue weighted by Crippen LogP contribution is 2.48. The standard InChI is InChI=1S/C28H32N4O3/c1-3-35-20-11-12-23-21(15-20)22-16-28(2)26(33)31(14-13-29-17-18-9-10-18)27(34)32(28)25(24(22)30-23)19-7-5-4-6-8-19/h4-8,11-12,15,18,25,29-30H,3,9-10,13-14,16-17H2,1-2H3/t25-,28+/m1/s1. The van der Waals surface area contributed by atoms with E-state index < -0.39 is 5.54 Å². The number of hydrogen-bond donors (Lipinski definition) is 2. The van der Waals surface area contributed by atoms with Crippen molar-refractivity contribution in [1.29, 1.82) is 0 Å². The monoisotopic (exact) mass is 472 g/mol. The van der Waals surface area contributed by atoms with Crippen molar-refractivity contribution in [3.63, 3.8) is 0 Å². The van der Waals surface area contributed by atoms with E-state index in [0.29, 0.717) is 26.1 Å². The van der Waals surface area contributed by atoms with E-state index in [1.807, 2.05) is 61.2 Å². The SMILES string of the molecule is CCOc1ccc2[nH]c3c(c2c1)C[C@@]1(C)C(=O)N(CCNCC2CC2)C(=O)N1[C@@H]3c1ccccc1. The number of aromatic nitrogens is 1. The molecule has 1 aliphatic carbocycles. The van der Waals surface area contributed by atoms with Gasteiger partial charge in [-0.25, -0.2) is 4.79 Å². The van der Waals surface area contributed by atoms with Crippen LogP contribution in [0, 0.1) is 5.92 Å². The second-order valence-corrected chi connectivity index (χ2v) is 10.2. The average Bonchev–Trinajstić information content (AvgIpc) is 3.60. The molecule has 2 N–H and O–H groups in total. The van der Waals surface area contributed by atoms with Gasteiger partial charge in [0, 0.05) is 36.1 Å². The van der Waals surface area contributed by atoms with Crippen molar-refractivity contribution < 1.29 is 14.3 Å². The van der Waals surface area contributed by atoms with Gasteiger partial charge in [0.1, 0.15) is 17.3 Å². The molecule has 182 valence electrons. The van der Waals surface area contributed by atoms with Crippen molar-refractivity contribution in [3.8, 4) is 5.75 Å². The summed E-state index contributed by atoms with van der Waals surface area (Å²) in [6.45, 7) is 6.46. The van der Waals surface area contributed by atoms with Crippen molar-refractivity contribution >= 4 is 22.8 Å². The summed E-state index contributed by atoms with van der Waals surface area (Å²) in [5, 5.41) is 4.48. The maximum absolute atomic E-state index is 13.8. The zero-order valence-corrected chi connectivity index (χ0v) is 20.3. The Bertz CT molecular complexity index is 1280. The summed E-state index contributed by atoms with van der Waals surface area (Å²) in [6, 6.07) is 15.5. The lowest BCUT2D eigenvalue weighted by Crippen LogP contribution is -2.53. The minimum absolute atomic E-state index is 0.113. The lowest BCUT2D eigenvalue weighted by Gasteiger charge is -2.42. The molecular weight excluding hydrogens is 440 g/mol. The van der Waals surface area contributed by atoms with Crippen molar-refractivity contribution in [2.24, 2.45) is 5.92 Å². The highest BCUT2D eigenvalue weighted by molar-refractivity contribution is 6.08. The molecule has 3 aliphatic rings. The first-order valence-electron chi connectivity index (χ1n) is 12.7. The van der Waals surface area contributed by atoms with Gasteiger partial charge in [-0.05, 0) is 68.5 Å². The predicted molar refractivity (Wildman–Crippen MR) is 134 cm³/mol. The Labute approximate surface area is 205 Å². The van der Waals surface area contributed by atoms with E-state index in [1.165, 1.54) is 17.7 Å². The van der Waals surface area contributed by atoms with E-state index in [-0.39, 0.29) is 18.0 Å². The molecule has 3 heterocycles. The van der Waals surface area contributed by atoms with Crippen molar-refractivity contribution in [2.45, 2.75) is 44.7 Å². The number of benzene rings is 2. The van der Waals surface area contributed by atoms with E-state index in [1.54, 1.807) is 0 Å². The van der Waals surface area contributed by atoms with Gasteiger partial charge in [0.05, 0.1) is 6.61 Å². The second kappa shape index (κ2) is 8.41. The molecule has 0 unspecified atom stereocenters. The number of carbonyl (C=O) groups is 2. The van der Waals surface area contributed by atoms with Crippen molar-refractivity contribution in [3.05, 3.63) is 65.4 Å². The Morgan fingerprint density at radius 1 is 1.14 bits per heavy atom. The zero-order valence-electron chi connectivity index (χ0n) is 20.3. The van der Waals surface area contributed by atoms with Gasteiger partial charge >= 0.3 is 6.03 Å². The predicted octanol–water partition coefficient (Wildman–Crippen LogP) is 4.23. The lowest BCUT2D eigenvalue weighted by atomic mass is 9.81. The third kappa shape index (κ3) is 3.60. The maximum atomic E-state index is 13.8. The molecule has 2 fully saturated rings. The van der Waals surface area contributed by atoms with Crippen LogP contribution in [0.3, 0.4) is 0 Å². The van der Waals surface area contributed by atoms with Gasteiger partial charge in [-0.3, -0.25) is 14.6 Å². The molecule has 0 radical (unpaired) electrons. The fraction of sp³-hybridized carbons (Fsp3) is 0.429. The Balaban J connectivity index is 1.42. The van der Waals surface area contributed by atoms with Crippen LogP contribution < -0.4 is 10.1 Å². The Kier molecular flexibility index (Phi) is 5.33. The molecule has 2 atom stereocenters. The smallest absolute Gasteiger partial charge is 0.328 e. The quantitative estimate of drug-likeness (QED) is 0.380. The van der Waals surface area contributed by atoms with Crippen LogP contribution in [-0.4, -0.2) is 58.5 Å². The highest BCUT2D eigenvalue weighted by atomic mass is 16.5. The van der Waals surface area contributed by atoms with Crippen LogP contribution in [0.25, 0.3) is 10.9 Å². The molecule has 1 saturated heterocycles. The second-order valence-electron chi connectivity index (χ2n) is 10.2. The van der Waals surface area contributed by atoms with Gasteiger partial charge in [0.15, 0.2) is 0 Å². The van der Waals surface area contributed by atoms with E-state index in [0.717, 1.165) is 45.9 Å². The molecule has 3 amide bonds. The van der Waals surface area contributed by atoms with Gasteiger partial charge in [0.25, 0.3) is 5.91 Å². The number of rotatable bonds is 8. The number of nitrogens with zero attached hydrogens (tertiary/aromatic N) is 2. The summed E-state index contributed by atoms with van der Waals surface area (Å²) >= 11 is 0. The largest absolute Gasteiger partial charge is 0.494 e. The summed E-state index contributed by atoms with van der Waals surface area (Å²) in [5.41, 5.74) is 3.10. The topological polar surface area (TPSA) is 77.7 Å². The van der Waals surface area contributed by atoms with Crippen LogP contribution in [0.2, 0.25) is 0 Å². The van der Waals surface area contributed by atoms with Crippen LogP contribution in [-0.2, 0) is 11.2 Å². The third-order valence-corrected chi connectivity index (χ3v) is 7.71. The van der Waals surface area contributed by atoms with E-state index in [4.69, 9.17) is 4.74 Å². The van der Waals surface area contributed by atoms with E-state index in [2.05, 4.69) is 16.4 Å². The Morgan fingerprint density at radius 3 is 2.69 bits per heavy atom. The third-order valence-electron chi connectivity index (χ3n) is 7.71. The van der Waals surface area contributed by atoms with Gasteiger partial charge in [-0.15, -0.1) is 0 Å². The molecule has 2 aromatic carbocycles. The van der Waals surface area contributed by atoms with Crippen LogP contribution >= 0.6 is 0 Å². The first-order chi connectivity index (χ1) is 17.0. The van der Waals surface area contributed by atoms with Gasteiger partial charge in [0.2, 0.25) is 0 Å². The molecular formula is C28H32N4O3. The van der Waals surface area contributed by atoms with Crippen LogP contribution in [0.15, 0.2) is 48.5 Å². The molecule has 0 bridgehead atoms. The minimum atomic E-state index is -0.947. The zero-order chi connectivity index (χ0) is 24.2. The first-order valence-corrected chi connectivity index (χ1v) is 12.7. The van der Waals surface area contributed by atoms with Crippen LogP contribution in [0.4, 0.5) is 4.79 Å². The van der Waals surface area contributed by atoms with Crippen molar-refractivity contribution in [2.75, 3.05) is 26.2 Å². The molecule has 35 heavy (non-hydrogen) atoms. The molecule has 0 spiro atoms.